The molecule has 4 rings (SSSR count). The van der Waals surface area contributed by atoms with Crippen LogP contribution in [-0.2, 0) is 22.9 Å². The Labute approximate surface area is 178 Å². The minimum atomic E-state index is -3.24. The summed E-state index contributed by atoms with van der Waals surface area (Å²) in [6.45, 7) is 4.31. The van der Waals surface area contributed by atoms with Gasteiger partial charge in [0, 0.05) is 17.2 Å². The van der Waals surface area contributed by atoms with Crippen molar-refractivity contribution in [2.75, 3.05) is 18.6 Å². The molecule has 9 heteroatoms. The van der Waals surface area contributed by atoms with Crippen LogP contribution >= 0.6 is 23.1 Å². The fraction of sp³-hybridized carbons (Fsp3) is 0.400. The largest absolute Gasteiger partial charge is 0.268 e. The first-order valence-electron chi connectivity index (χ1n) is 9.47. The van der Waals surface area contributed by atoms with Gasteiger partial charge in [-0.3, -0.25) is 9.36 Å². The number of benzene rings is 1. The van der Waals surface area contributed by atoms with Crippen LogP contribution in [0.3, 0.4) is 0 Å². The summed E-state index contributed by atoms with van der Waals surface area (Å²) in [5.74, 6) is 0.487. The van der Waals surface area contributed by atoms with Gasteiger partial charge >= 0.3 is 0 Å². The summed E-state index contributed by atoms with van der Waals surface area (Å²) >= 11 is 3.02. The molecule has 1 aliphatic rings. The third-order valence-electron chi connectivity index (χ3n) is 5.00. The molecular weight excluding hydrogens is 426 g/mol. The third-order valence-corrected chi connectivity index (χ3v) is 7.85. The highest BCUT2D eigenvalue weighted by molar-refractivity contribution is 7.99. The fourth-order valence-electron chi connectivity index (χ4n) is 3.76. The Morgan fingerprint density at radius 3 is 2.79 bits per heavy atom. The van der Waals surface area contributed by atoms with Gasteiger partial charge in [-0.15, -0.1) is 11.3 Å². The van der Waals surface area contributed by atoms with E-state index in [2.05, 4.69) is 10.8 Å². The summed E-state index contributed by atoms with van der Waals surface area (Å²) in [7, 11) is -3.24. The zero-order valence-corrected chi connectivity index (χ0v) is 19.1. The van der Waals surface area contributed by atoms with E-state index < -0.39 is 10.0 Å². The number of hydrogen-bond donors (Lipinski definition) is 1. The first kappa shape index (κ1) is 20.6. The molecule has 2 heterocycles. The number of fused-ring (bicyclic) bond motifs is 3. The minimum Gasteiger partial charge on any atom is -0.268 e. The lowest BCUT2D eigenvalue weighted by Crippen LogP contribution is -2.25. The molecule has 0 saturated heterocycles. The zero-order valence-electron chi connectivity index (χ0n) is 16.6. The Morgan fingerprint density at radius 2 is 2.07 bits per heavy atom. The van der Waals surface area contributed by atoms with E-state index >= 15 is 0 Å². The van der Waals surface area contributed by atoms with Gasteiger partial charge in [-0.2, -0.15) is 0 Å². The smallest absolute Gasteiger partial charge is 0.267 e. The summed E-state index contributed by atoms with van der Waals surface area (Å²) in [6, 6.07) is 6.02. The van der Waals surface area contributed by atoms with Gasteiger partial charge < -0.3 is 0 Å². The second-order valence-corrected chi connectivity index (χ2v) is 11.4. The predicted octanol–water partition coefficient (Wildman–Crippen LogP) is 3.19. The standard InChI is InChI=1S/C20H23N3O3S3/c1-12-7-8-15(13(2)11-12)23-19(24)17-14-5-4-6-16(14)28-18(17)22-20(23)27-10-9-21-29(3,25)26/h7-8,11,21H,4-6,9-10H2,1-3H3. The van der Waals surface area contributed by atoms with Crippen LogP contribution in [0.5, 0.6) is 0 Å². The van der Waals surface area contributed by atoms with E-state index in [9.17, 15) is 13.2 Å². The Morgan fingerprint density at radius 1 is 1.28 bits per heavy atom. The van der Waals surface area contributed by atoms with Crippen molar-refractivity contribution in [1.82, 2.24) is 14.3 Å². The highest BCUT2D eigenvalue weighted by Gasteiger charge is 2.24. The number of nitrogens with zero attached hydrogens (tertiary/aromatic N) is 2. The Kier molecular flexibility index (Phi) is 5.58. The number of aromatic nitrogens is 2. The lowest BCUT2D eigenvalue weighted by molar-refractivity contribution is 0.590. The van der Waals surface area contributed by atoms with Crippen molar-refractivity contribution in [3.8, 4) is 5.69 Å². The molecule has 6 nitrogen and oxygen atoms in total. The van der Waals surface area contributed by atoms with Gasteiger partial charge in [-0.05, 0) is 50.3 Å². The van der Waals surface area contributed by atoms with Crippen molar-refractivity contribution in [2.45, 2.75) is 38.3 Å². The quantitative estimate of drug-likeness (QED) is 0.355. The van der Waals surface area contributed by atoms with Crippen molar-refractivity contribution in [1.29, 1.82) is 0 Å². The first-order chi connectivity index (χ1) is 13.7. The Bertz CT molecular complexity index is 1260. The topological polar surface area (TPSA) is 81.1 Å². The molecule has 0 amide bonds. The number of thiophene rings is 1. The third kappa shape index (κ3) is 4.14. The van der Waals surface area contributed by atoms with Crippen LogP contribution in [0.15, 0.2) is 28.2 Å². The maximum Gasteiger partial charge on any atom is 0.267 e. The molecule has 0 fully saturated rings. The summed E-state index contributed by atoms with van der Waals surface area (Å²) < 4.78 is 26.8. The SMILES string of the molecule is Cc1ccc(-n2c(SCCNS(C)(=O)=O)nc3sc4c(c3c2=O)CCC4)c(C)c1. The van der Waals surface area contributed by atoms with Crippen molar-refractivity contribution >= 4 is 43.3 Å². The van der Waals surface area contributed by atoms with E-state index in [1.165, 1.54) is 16.6 Å². The van der Waals surface area contributed by atoms with Gasteiger partial charge in [-0.1, -0.05) is 29.5 Å². The van der Waals surface area contributed by atoms with Crippen molar-refractivity contribution in [2.24, 2.45) is 0 Å². The number of rotatable bonds is 6. The summed E-state index contributed by atoms with van der Waals surface area (Å²) in [5.41, 5.74) is 4.11. The van der Waals surface area contributed by atoms with Crippen LogP contribution in [0.25, 0.3) is 15.9 Å². The van der Waals surface area contributed by atoms with Crippen LogP contribution in [0.4, 0.5) is 0 Å². The van der Waals surface area contributed by atoms with Gasteiger partial charge in [0.25, 0.3) is 5.56 Å². The van der Waals surface area contributed by atoms with Crippen LogP contribution in [0.2, 0.25) is 0 Å². The van der Waals surface area contributed by atoms with Crippen LogP contribution < -0.4 is 10.3 Å². The maximum atomic E-state index is 13.6. The Hall–Kier alpha value is -1.68. The number of sulfonamides is 1. The average Bonchev–Trinajstić information content (AvgIpc) is 3.20. The van der Waals surface area contributed by atoms with Gasteiger partial charge in [-0.25, -0.2) is 18.1 Å². The second-order valence-electron chi connectivity index (χ2n) is 7.38. The molecule has 1 aliphatic carbocycles. The van der Waals surface area contributed by atoms with E-state index in [4.69, 9.17) is 4.98 Å². The Balaban J connectivity index is 1.83. The normalized spacial score (nSPS) is 13.9. The zero-order chi connectivity index (χ0) is 20.8. The van der Waals surface area contributed by atoms with Crippen LogP contribution in [0, 0.1) is 13.8 Å². The summed E-state index contributed by atoms with van der Waals surface area (Å²) in [6.07, 6.45) is 4.18. The maximum absolute atomic E-state index is 13.6. The minimum absolute atomic E-state index is 0.0278. The van der Waals surface area contributed by atoms with Gasteiger partial charge in [0.15, 0.2) is 5.16 Å². The molecule has 154 valence electrons. The van der Waals surface area contributed by atoms with E-state index in [0.717, 1.165) is 58.1 Å². The monoisotopic (exact) mass is 449 g/mol. The van der Waals surface area contributed by atoms with Crippen molar-refractivity contribution in [3.63, 3.8) is 0 Å². The van der Waals surface area contributed by atoms with Crippen LogP contribution in [0.1, 0.15) is 28.0 Å². The molecule has 0 spiro atoms. The second kappa shape index (κ2) is 7.86. The summed E-state index contributed by atoms with van der Waals surface area (Å²) in [5, 5.41) is 1.35. The lowest BCUT2D eigenvalue weighted by Gasteiger charge is -2.15. The van der Waals surface area contributed by atoms with E-state index in [1.54, 1.807) is 15.9 Å². The van der Waals surface area contributed by atoms with Gasteiger partial charge in [0.05, 0.1) is 17.3 Å². The molecule has 0 radical (unpaired) electrons. The summed E-state index contributed by atoms with van der Waals surface area (Å²) in [4.78, 5) is 20.5. The van der Waals surface area contributed by atoms with E-state index in [-0.39, 0.29) is 12.1 Å². The average molecular weight is 450 g/mol. The number of thioether (sulfide) groups is 1. The number of hydrogen-bond acceptors (Lipinski definition) is 6. The van der Waals surface area contributed by atoms with Crippen molar-refractivity contribution < 1.29 is 8.42 Å². The van der Waals surface area contributed by atoms with E-state index in [0.29, 0.717) is 10.9 Å². The molecular formula is C20H23N3O3S3. The number of nitrogens with one attached hydrogen (secondary N) is 1. The highest BCUT2D eigenvalue weighted by Crippen LogP contribution is 2.36. The molecule has 2 aromatic heterocycles. The van der Waals surface area contributed by atoms with Crippen molar-refractivity contribution in [3.05, 3.63) is 50.1 Å². The molecule has 3 aromatic rings. The number of aryl methyl sites for hydroxylation is 4. The molecule has 0 atom stereocenters. The van der Waals surface area contributed by atoms with E-state index in [1.807, 2.05) is 26.0 Å². The molecule has 29 heavy (non-hydrogen) atoms. The lowest BCUT2D eigenvalue weighted by atomic mass is 10.1. The molecule has 0 saturated carbocycles. The van der Waals surface area contributed by atoms with Crippen LogP contribution in [-0.4, -0.2) is 36.5 Å². The molecule has 1 N–H and O–H groups in total. The molecule has 0 unspecified atom stereocenters. The molecule has 0 aliphatic heterocycles. The fourth-order valence-corrected chi connectivity index (χ4v) is 6.52. The predicted molar refractivity (Wildman–Crippen MR) is 120 cm³/mol. The first-order valence-corrected chi connectivity index (χ1v) is 13.2. The highest BCUT2D eigenvalue weighted by atomic mass is 32.2. The van der Waals surface area contributed by atoms with Gasteiger partial charge in [0.1, 0.15) is 4.83 Å². The molecule has 0 bridgehead atoms. The molecule has 1 aromatic carbocycles. The van der Waals surface area contributed by atoms with Gasteiger partial charge in [0.2, 0.25) is 10.0 Å².